The minimum absolute atomic E-state index is 0.149. The minimum Gasteiger partial charge on any atom is -0.508 e. The summed E-state index contributed by atoms with van der Waals surface area (Å²) in [7, 11) is 1.41. The number of ether oxygens (including phenoxy) is 1. The van der Waals surface area contributed by atoms with E-state index in [4.69, 9.17) is 0 Å². The molecule has 108 valence electrons. The van der Waals surface area contributed by atoms with Gasteiger partial charge in [-0.2, -0.15) is 0 Å². The molecule has 2 N–H and O–H groups in total. The summed E-state index contributed by atoms with van der Waals surface area (Å²) < 4.78 is 5.56. The first-order chi connectivity index (χ1) is 9.69. The van der Waals surface area contributed by atoms with Crippen molar-refractivity contribution in [1.29, 1.82) is 0 Å². The number of carbonyl (C=O) groups excluding carboxylic acids is 1. The molecule has 0 fully saturated rings. The van der Waals surface area contributed by atoms with E-state index in [1.807, 2.05) is 6.07 Å². The van der Waals surface area contributed by atoms with E-state index in [0.29, 0.717) is 6.42 Å². The number of phenolic OH excluding ortho intramolecular Hbond substituents is 1. The van der Waals surface area contributed by atoms with Crippen molar-refractivity contribution in [3.63, 3.8) is 0 Å². The molecule has 0 radical (unpaired) electrons. The number of unbranched alkanes of at least 4 members (excludes halogenated alkanes) is 2. The predicted molar refractivity (Wildman–Crippen MR) is 80.3 cm³/mol. The summed E-state index contributed by atoms with van der Waals surface area (Å²) >= 11 is 1.53. The van der Waals surface area contributed by atoms with E-state index in [0.717, 1.165) is 41.2 Å². The second kappa shape index (κ2) is 7.09. The van der Waals surface area contributed by atoms with Gasteiger partial charge in [0.25, 0.3) is 0 Å². The van der Waals surface area contributed by atoms with Crippen LogP contribution in [0.1, 0.15) is 25.7 Å². The van der Waals surface area contributed by atoms with Crippen molar-refractivity contribution < 1.29 is 14.6 Å². The van der Waals surface area contributed by atoms with E-state index in [-0.39, 0.29) is 11.7 Å². The Morgan fingerprint density at radius 3 is 3.05 bits per heavy atom. The number of thiazole rings is 1. The van der Waals surface area contributed by atoms with Crippen LogP contribution in [0.4, 0.5) is 5.13 Å². The monoisotopic (exact) mass is 294 g/mol. The lowest BCUT2D eigenvalue weighted by molar-refractivity contribution is -0.140. The van der Waals surface area contributed by atoms with Gasteiger partial charge in [0.1, 0.15) is 5.75 Å². The third-order valence-electron chi connectivity index (χ3n) is 2.93. The summed E-state index contributed by atoms with van der Waals surface area (Å²) in [6.45, 7) is 0.826. The smallest absolute Gasteiger partial charge is 0.305 e. The maximum absolute atomic E-state index is 10.9. The molecule has 0 amide bonds. The summed E-state index contributed by atoms with van der Waals surface area (Å²) in [5, 5.41) is 13.5. The molecule has 0 aliphatic carbocycles. The topological polar surface area (TPSA) is 71.5 Å². The lowest BCUT2D eigenvalue weighted by Crippen LogP contribution is -2.02. The van der Waals surface area contributed by atoms with Gasteiger partial charge in [0.05, 0.1) is 17.3 Å². The molecule has 2 aromatic rings. The van der Waals surface area contributed by atoms with E-state index in [2.05, 4.69) is 15.0 Å². The molecule has 1 aromatic carbocycles. The SMILES string of the molecule is COC(=O)CCCCCNc1nc2ccc(O)cc2s1. The number of benzene rings is 1. The molecule has 1 aromatic heterocycles. The molecule has 0 unspecified atom stereocenters. The Balaban J connectivity index is 1.72. The number of hydrogen-bond donors (Lipinski definition) is 2. The van der Waals surface area contributed by atoms with Crippen molar-refractivity contribution in [2.75, 3.05) is 19.0 Å². The minimum atomic E-state index is -0.149. The molecule has 0 aliphatic heterocycles. The summed E-state index contributed by atoms with van der Waals surface area (Å²) in [6.07, 6.45) is 3.30. The van der Waals surface area contributed by atoms with E-state index < -0.39 is 0 Å². The van der Waals surface area contributed by atoms with Gasteiger partial charge >= 0.3 is 5.97 Å². The average molecular weight is 294 g/mol. The number of aromatic hydroxyl groups is 1. The van der Waals surface area contributed by atoms with Crippen molar-refractivity contribution >= 4 is 32.7 Å². The fourth-order valence-corrected chi connectivity index (χ4v) is 2.78. The van der Waals surface area contributed by atoms with E-state index in [9.17, 15) is 9.90 Å². The Kier molecular flexibility index (Phi) is 5.17. The fraction of sp³-hybridized carbons (Fsp3) is 0.429. The first-order valence-corrected chi connectivity index (χ1v) is 7.41. The Labute approximate surface area is 121 Å². The number of rotatable bonds is 7. The molecule has 0 saturated carbocycles. The third kappa shape index (κ3) is 4.09. The second-order valence-corrected chi connectivity index (χ2v) is 5.52. The molecule has 0 bridgehead atoms. The van der Waals surface area contributed by atoms with Crippen molar-refractivity contribution in [1.82, 2.24) is 4.98 Å². The van der Waals surface area contributed by atoms with Crippen molar-refractivity contribution in [3.05, 3.63) is 18.2 Å². The molecule has 5 nitrogen and oxygen atoms in total. The lowest BCUT2D eigenvalue weighted by atomic mass is 10.2. The quantitative estimate of drug-likeness (QED) is 0.606. The predicted octanol–water partition coefficient (Wildman–Crippen LogP) is 3.15. The first kappa shape index (κ1) is 14.6. The van der Waals surface area contributed by atoms with Gasteiger partial charge in [-0.1, -0.05) is 17.8 Å². The number of carbonyl (C=O) groups is 1. The van der Waals surface area contributed by atoms with Gasteiger partial charge < -0.3 is 15.2 Å². The Bertz CT molecular complexity index is 583. The highest BCUT2D eigenvalue weighted by atomic mass is 32.1. The second-order valence-electron chi connectivity index (χ2n) is 4.48. The van der Waals surface area contributed by atoms with Gasteiger partial charge in [-0.3, -0.25) is 4.79 Å². The molecule has 1 heterocycles. The molecule has 2 rings (SSSR count). The molecule has 6 heteroatoms. The van der Waals surface area contributed by atoms with Crippen LogP contribution < -0.4 is 5.32 Å². The largest absolute Gasteiger partial charge is 0.508 e. The number of anilines is 1. The molecule has 0 aliphatic rings. The van der Waals surface area contributed by atoms with Gasteiger partial charge in [0, 0.05) is 13.0 Å². The highest BCUT2D eigenvalue weighted by molar-refractivity contribution is 7.22. The standard InChI is InChI=1S/C14H18N2O3S/c1-19-13(18)5-3-2-4-8-15-14-16-11-7-6-10(17)9-12(11)20-14/h6-7,9,17H,2-5,8H2,1H3,(H,15,16). The highest BCUT2D eigenvalue weighted by Crippen LogP contribution is 2.28. The Hall–Kier alpha value is -1.82. The van der Waals surface area contributed by atoms with Crippen molar-refractivity contribution in [3.8, 4) is 5.75 Å². The van der Waals surface area contributed by atoms with Crippen LogP contribution in [0.15, 0.2) is 18.2 Å². The van der Waals surface area contributed by atoms with E-state index in [1.165, 1.54) is 18.4 Å². The van der Waals surface area contributed by atoms with Crippen molar-refractivity contribution in [2.45, 2.75) is 25.7 Å². The number of esters is 1. The van der Waals surface area contributed by atoms with Crippen molar-refractivity contribution in [2.24, 2.45) is 0 Å². The molecular formula is C14H18N2O3S. The summed E-state index contributed by atoms with van der Waals surface area (Å²) in [5.74, 6) is 0.111. The van der Waals surface area contributed by atoms with E-state index >= 15 is 0 Å². The number of aromatic nitrogens is 1. The fourth-order valence-electron chi connectivity index (χ4n) is 1.86. The average Bonchev–Trinajstić information content (AvgIpc) is 2.84. The van der Waals surface area contributed by atoms with Crippen LogP contribution in [0.5, 0.6) is 5.75 Å². The normalized spacial score (nSPS) is 10.7. The number of nitrogens with one attached hydrogen (secondary N) is 1. The molecule has 0 spiro atoms. The first-order valence-electron chi connectivity index (χ1n) is 6.59. The van der Waals surface area contributed by atoms with Gasteiger partial charge in [-0.25, -0.2) is 4.98 Å². The van der Waals surface area contributed by atoms with Gasteiger partial charge in [0.15, 0.2) is 5.13 Å². The van der Waals surface area contributed by atoms with Crippen LogP contribution in [0.25, 0.3) is 10.2 Å². The summed E-state index contributed by atoms with van der Waals surface area (Å²) in [5.41, 5.74) is 0.890. The highest BCUT2D eigenvalue weighted by Gasteiger charge is 2.04. The Morgan fingerprint density at radius 2 is 2.25 bits per heavy atom. The number of nitrogens with zero attached hydrogens (tertiary/aromatic N) is 1. The van der Waals surface area contributed by atoms with Gasteiger partial charge in [0.2, 0.25) is 0 Å². The summed E-state index contributed by atoms with van der Waals surface area (Å²) in [6, 6.07) is 5.16. The van der Waals surface area contributed by atoms with Crippen LogP contribution in [-0.2, 0) is 9.53 Å². The third-order valence-corrected chi connectivity index (χ3v) is 3.91. The lowest BCUT2D eigenvalue weighted by Gasteiger charge is -2.02. The van der Waals surface area contributed by atoms with Gasteiger partial charge in [-0.15, -0.1) is 0 Å². The maximum Gasteiger partial charge on any atom is 0.305 e. The molecule has 0 atom stereocenters. The number of fused-ring (bicyclic) bond motifs is 1. The maximum atomic E-state index is 10.9. The zero-order chi connectivity index (χ0) is 14.4. The van der Waals surface area contributed by atoms with Crippen LogP contribution in [-0.4, -0.2) is 29.7 Å². The van der Waals surface area contributed by atoms with E-state index in [1.54, 1.807) is 12.1 Å². The number of methoxy groups -OCH3 is 1. The molecule has 0 saturated heterocycles. The zero-order valence-corrected chi connectivity index (χ0v) is 12.2. The van der Waals surface area contributed by atoms with Crippen LogP contribution in [0.3, 0.4) is 0 Å². The number of phenols is 1. The van der Waals surface area contributed by atoms with Crippen LogP contribution >= 0.6 is 11.3 Å². The number of hydrogen-bond acceptors (Lipinski definition) is 6. The molecule has 20 heavy (non-hydrogen) atoms. The van der Waals surface area contributed by atoms with Crippen LogP contribution in [0, 0.1) is 0 Å². The Morgan fingerprint density at radius 1 is 1.40 bits per heavy atom. The summed E-state index contributed by atoms with van der Waals surface area (Å²) in [4.78, 5) is 15.4. The molecular weight excluding hydrogens is 276 g/mol. The zero-order valence-electron chi connectivity index (χ0n) is 11.4. The van der Waals surface area contributed by atoms with Crippen LogP contribution in [0.2, 0.25) is 0 Å². The van der Waals surface area contributed by atoms with Gasteiger partial charge in [-0.05, 0) is 31.0 Å².